The van der Waals surface area contributed by atoms with Gasteiger partial charge in [-0.25, -0.2) is 0 Å². The van der Waals surface area contributed by atoms with Gasteiger partial charge in [-0.05, 0) is 45.2 Å². The number of alkyl halides is 1. The van der Waals surface area contributed by atoms with Crippen molar-refractivity contribution in [3.63, 3.8) is 0 Å². The van der Waals surface area contributed by atoms with E-state index >= 15 is 0 Å². The molecule has 0 aliphatic rings. The summed E-state index contributed by atoms with van der Waals surface area (Å²) in [5, 5.41) is 7.03. The van der Waals surface area contributed by atoms with Gasteiger partial charge >= 0.3 is 0 Å². The Morgan fingerprint density at radius 3 is 2.50 bits per heavy atom. The fraction of sp³-hybridized carbons (Fsp3) is 0.778. The summed E-state index contributed by atoms with van der Waals surface area (Å²) in [4.78, 5) is 14.9. The molecule has 0 bridgehead atoms. The van der Waals surface area contributed by atoms with Gasteiger partial charge in [-0.1, -0.05) is 54.9 Å². The topological polar surface area (TPSA) is 58.4 Å². The van der Waals surface area contributed by atoms with Crippen LogP contribution in [0, 0.1) is 12.3 Å². The Labute approximate surface area is 160 Å². The standard InChI is InChI=1S/C18H32IN3O2/c1-6-9-10-22(5)13-18(7-2,8-3)12-20-17(23)16-14(4)15(11-19)24-21-16/h6-13H2,1-5H3,(H,20,23). The zero-order valence-electron chi connectivity index (χ0n) is 15.7. The molecule has 0 saturated carbocycles. The zero-order chi connectivity index (χ0) is 18.2. The maximum Gasteiger partial charge on any atom is 0.273 e. The number of unbranched alkanes of at least 4 members (excludes halogenated alkanes) is 1. The molecule has 1 aromatic rings. The van der Waals surface area contributed by atoms with E-state index in [1.807, 2.05) is 6.92 Å². The Hall–Kier alpha value is -0.630. The van der Waals surface area contributed by atoms with Crippen LogP contribution in [0.3, 0.4) is 0 Å². The summed E-state index contributed by atoms with van der Waals surface area (Å²) >= 11 is 2.21. The molecule has 1 N–H and O–H groups in total. The second-order valence-corrected chi connectivity index (χ2v) is 7.46. The van der Waals surface area contributed by atoms with Crippen LogP contribution in [0.25, 0.3) is 0 Å². The maximum atomic E-state index is 12.5. The van der Waals surface area contributed by atoms with Crippen molar-refractivity contribution < 1.29 is 9.32 Å². The molecule has 1 aromatic heterocycles. The van der Waals surface area contributed by atoms with Crippen LogP contribution in [0.15, 0.2) is 4.52 Å². The molecule has 1 rings (SSSR count). The van der Waals surface area contributed by atoms with Gasteiger partial charge in [-0.3, -0.25) is 4.79 Å². The Morgan fingerprint density at radius 2 is 2.00 bits per heavy atom. The summed E-state index contributed by atoms with van der Waals surface area (Å²) in [6, 6.07) is 0. The number of aromatic nitrogens is 1. The van der Waals surface area contributed by atoms with Crippen LogP contribution >= 0.6 is 22.6 Å². The van der Waals surface area contributed by atoms with E-state index in [-0.39, 0.29) is 11.3 Å². The lowest BCUT2D eigenvalue weighted by Gasteiger charge is -2.36. The summed E-state index contributed by atoms with van der Waals surface area (Å²) in [5.41, 5.74) is 1.37. The van der Waals surface area contributed by atoms with Crippen LogP contribution in [-0.4, -0.2) is 42.6 Å². The molecule has 0 atom stereocenters. The van der Waals surface area contributed by atoms with Gasteiger partial charge in [0.05, 0.1) is 4.43 Å². The predicted octanol–water partition coefficient (Wildman–Crippen LogP) is 4.19. The van der Waals surface area contributed by atoms with Gasteiger partial charge in [0.1, 0.15) is 5.76 Å². The van der Waals surface area contributed by atoms with Crippen LogP contribution in [-0.2, 0) is 4.43 Å². The predicted molar refractivity (Wildman–Crippen MR) is 107 cm³/mol. The van der Waals surface area contributed by atoms with Gasteiger partial charge in [0.15, 0.2) is 5.69 Å². The largest absolute Gasteiger partial charge is 0.359 e. The number of nitrogens with one attached hydrogen (secondary N) is 1. The Bertz CT molecular complexity index is 512. The van der Waals surface area contributed by atoms with Crippen LogP contribution in [0.5, 0.6) is 0 Å². The number of carbonyl (C=O) groups excluding carboxylic acids is 1. The quantitative estimate of drug-likeness (QED) is 0.407. The number of rotatable bonds is 11. The van der Waals surface area contributed by atoms with Crippen molar-refractivity contribution in [1.29, 1.82) is 0 Å². The average molecular weight is 449 g/mol. The summed E-state index contributed by atoms with van der Waals surface area (Å²) < 4.78 is 5.95. The maximum absolute atomic E-state index is 12.5. The van der Waals surface area contributed by atoms with Crippen molar-refractivity contribution in [2.75, 3.05) is 26.7 Å². The SMILES string of the molecule is CCCCN(C)CC(CC)(CC)CNC(=O)c1noc(CI)c1C. The summed E-state index contributed by atoms with van der Waals surface area (Å²) in [6.07, 6.45) is 4.49. The van der Waals surface area contributed by atoms with Crippen molar-refractivity contribution >= 4 is 28.5 Å². The van der Waals surface area contributed by atoms with Crippen LogP contribution in [0.2, 0.25) is 0 Å². The first-order chi connectivity index (χ1) is 11.4. The highest BCUT2D eigenvalue weighted by Crippen LogP contribution is 2.27. The first kappa shape index (κ1) is 21.4. The fourth-order valence-corrected chi connectivity index (χ4v) is 3.63. The first-order valence-electron chi connectivity index (χ1n) is 8.90. The van der Waals surface area contributed by atoms with Crippen molar-refractivity contribution in [3.8, 4) is 0 Å². The molecule has 0 fully saturated rings. The zero-order valence-corrected chi connectivity index (χ0v) is 17.9. The van der Waals surface area contributed by atoms with E-state index in [4.69, 9.17) is 4.52 Å². The molecular weight excluding hydrogens is 417 g/mol. The van der Waals surface area contributed by atoms with E-state index < -0.39 is 0 Å². The van der Waals surface area contributed by atoms with E-state index in [0.717, 1.165) is 41.7 Å². The van der Waals surface area contributed by atoms with E-state index in [0.29, 0.717) is 12.2 Å². The summed E-state index contributed by atoms with van der Waals surface area (Å²) in [7, 11) is 2.17. The summed E-state index contributed by atoms with van der Waals surface area (Å²) in [6.45, 7) is 11.3. The molecule has 0 radical (unpaired) electrons. The minimum Gasteiger partial charge on any atom is -0.359 e. The molecule has 0 unspecified atom stereocenters. The smallest absolute Gasteiger partial charge is 0.273 e. The molecule has 1 heterocycles. The van der Waals surface area contributed by atoms with Crippen molar-refractivity contribution in [1.82, 2.24) is 15.4 Å². The van der Waals surface area contributed by atoms with E-state index in [1.165, 1.54) is 12.8 Å². The first-order valence-corrected chi connectivity index (χ1v) is 10.4. The average Bonchev–Trinajstić information content (AvgIpc) is 2.97. The molecule has 0 saturated heterocycles. The third-order valence-corrected chi connectivity index (χ3v) is 5.67. The second-order valence-electron chi connectivity index (χ2n) is 6.69. The molecule has 0 spiro atoms. The number of nitrogens with zero attached hydrogens (tertiary/aromatic N) is 2. The third-order valence-electron chi connectivity index (χ3n) is 4.98. The van der Waals surface area contributed by atoms with Crippen molar-refractivity contribution in [2.24, 2.45) is 5.41 Å². The van der Waals surface area contributed by atoms with Gasteiger partial charge in [-0.2, -0.15) is 0 Å². The van der Waals surface area contributed by atoms with Crippen molar-refractivity contribution in [2.45, 2.75) is 57.8 Å². The molecule has 6 heteroatoms. The van der Waals surface area contributed by atoms with Crippen LogP contribution in [0.4, 0.5) is 0 Å². The number of amides is 1. The monoisotopic (exact) mass is 449 g/mol. The Morgan fingerprint density at radius 1 is 1.33 bits per heavy atom. The molecular formula is C18H32IN3O2. The van der Waals surface area contributed by atoms with E-state index in [9.17, 15) is 4.79 Å². The van der Waals surface area contributed by atoms with Gasteiger partial charge in [0.2, 0.25) is 0 Å². The highest BCUT2D eigenvalue weighted by Gasteiger charge is 2.29. The van der Waals surface area contributed by atoms with Gasteiger partial charge in [0, 0.05) is 18.7 Å². The molecule has 0 aliphatic heterocycles. The fourth-order valence-electron chi connectivity index (χ4n) is 2.92. The second kappa shape index (κ2) is 10.4. The summed E-state index contributed by atoms with van der Waals surface area (Å²) in [5.74, 6) is 0.645. The lowest BCUT2D eigenvalue weighted by Crippen LogP contribution is -2.44. The van der Waals surface area contributed by atoms with E-state index in [1.54, 1.807) is 0 Å². The van der Waals surface area contributed by atoms with Crippen LogP contribution < -0.4 is 5.32 Å². The molecule has 1 amide bonds. The molecule has 0 aromatic carbocycles. The highest BCUT2D eigenvalue weighted by atomic mass is 127. The molecule has 138 valence electrons. The minimum atomic E-state index is -0.130. The number of carbonyl (C=O) groups is 1. The highest BCUT2D eigenvalue weighted by molar-refractivity contribution is 14.1. The molecule has 5 nitrogen and oxygen atoms in total. The molecule has 24 heavy (non-hydrogen) atoms. The third kappa shape index (κ3) is 5.72. The van der Waals surface area contributed by atoms with E-state index in [2.05, 4.69) is 65.8 Å². The minimum absolute atomic E-state index is 0.0991. The number of hydrogen-bond donors (Lipinski definition) is 1. The molecule has 0 aliphatic carbocycles. The lowest BCUT2D eigenvalue weighted by atomic mass is 9.81. The van der Waals surface area contributed by atoms with Gasteiger partial charge in [0.25, 0.3) is 5.91 Å². The Kier molecular flexibility index (Phi) is 9.26. The number of halogens is 1. The number of hydrogen-bond acceptors (Lipinski definition) is 4. The normalized spacial score (nSPS) is 12.0. The van der Waals surface area contributed by atoms with Crippen LogP contribution in [0.1, 0.15) is 68.3 Å². The van der Waals surface area contributed by atoms with Gasteiger partial charge < -0.3 is 14.7 Å². The van der Waals surface area contributed by atoms with Gasteiger partial charge in [-0.15, -0.1) is 0 Å². The van der Waals surface area contributed by atoms with Crippen molar-refractivity contribution in [3.05, 3.63) is 17.0 Å². The Balaban J connectivity index is 2.70. The lowest BCUT2D eigenvalue weighted by molar-refractivity contribution is 0.0892.